The van der Waals surface area contributed by atoms with Gasteiger partial charge < -0.3 is 5.32 Å². The number of nitrogens with one attached hydrogen (secondary N) is 1. The molecule has 1 saturated carbocycles. The van der Waals surface area contributed by atoms with Gasteiger partial charge in [-0.05, 0) is 41.5 Å². The Hall–Kier alpha value is -2.63. The first-order valence-corrected chi connectivity index (χ1v) is 9.40. The fourth-order valence-corrected chi connectivity index (χ4v) is 4.03. The summed E-state index contributed by atoms with van der Waals surface area (Å²) in [5, 5.41) is 2.65. The maximum atomic E-state index is 13.1. The molecule has 1 aliphatic carbocycles. The lowest BCUT2D eigenvalue weighted by Gasteiger charge is -2.18. The highest BCUT2D eigenvalue weighted by molar-refractivity contribution is 6.04. The van der Waals surface area contributed by atoms with Crippen LogP contribution in [-0.2, 0) is 22.2 Å². The third kappa shape index (κ3) is 3.68. The molecule has 146 valence electrons. The van der Waals surface area contributed by atoms with Crippen LogP contribution >= 0.6 is 0 Å². The number of halogens is 3. The van der Waals surface area contributed by atoms with Crippen LogP contribution in [0, 0.1) is 5.92 Å². The summed E-state index contributed by atoms with van der Waals surface area (Å²) >= 11 is 0. The minimum Gasteiger partial charge on any atom is -0.355 e. The number of Topliss-reactive ketones (excluding diaryl/α,β-unsaturated/α-hetero) is 1. The summed E-state index contributed by atoms with van der Waals surface area (Å²) in [7, 11) is 0. The van der Waals surface area contributed by atoms with Crippen LogP contribution in [0.1, 0.15) is 46.9 Å². The van der Waals surface area contributed by atoms with Gasteiger partial charge in [-0.2, -0.15) is 13.2 Å². The fraction of sp³-hybridized carbons (Fsp3) is 0.364. The monoisotopic (exact) mass is 387 g/mol. The molecule has 2 aromatic rings. The first-order valence-electron chi connectivity index (χ1n) is 9.40. The second-order valence-corrected chi connectivity index (χ2v) is 7.57. The summed E-state index contributed by atoms with van der Waals surface area (Å²) in [6, 6.07) is 12.6. The van der Waals surface area contributed by atoms with E-state index in [1.165, 1.54) is 6.07 Å². The molecule has 1 N–H and O–H groups in total. The number of alkyl halides is 3. The molecule has 0 bridgehead atoms. The van der Waals surface area contributed by atoms with E-state index in [2.05, 4.69) is 5.32 Å². The molecule has 6 heteroatoms. The zero-order valence-corrected chi connectivity index (χ0v) is 15.1. The van der Waals surface area contributed by atoms with Crippen molar-refractivity contribution in [2.75, 3.05) is 6.54 Å². The third-order valence-electron chi connectivity index (χ3n) is 5.61. The highest BCUT2D eigenvalue weighted by Gasteiger charge is 2.42. The van der Waals surface area contributed by atoms with Crippen LogP contribution in [0.15, 0.2) is 48.5 Å². The molecule has 3 nitrogen and oxygen atoms in total. The lowest BCUT2D eigenvalue weighted by molar-refractivity contribution is -0.137. The van der Waals surface area contributed by atoms with Gasteiger partial charge in [0, 0.05) is 18.9 Å². The van der Waals surface area contributed by atoms with Crippen molar-refractivity contribution in [2.45, 2.75) is 37.3 Å². The summed E-state index contributed by atoms with van der Waals surface area (Å²) in [5.41, 5.74) is 1.65. The Kier molecular flexibility index (Phi) is 4.73. The molecule has 1 amide bonds. The zero-order chi connectivity index (χ0) is 19.9. The molecular formula is C22H20F3NO2. The highest BCUT2D eigenvalue weighted by atomic mass is 19.4. The van der Waals surface area contributed by atoms with E-state index in [-0.39, 0.29) is 18.7 Å². The Morgan fingerprint density at radius 3 is 2.54 bits per heavy atom. The minimum absolute atomic E-state index is 0.125. The topological polar surface area (TPSA) is 46.2 Å². The van der Waals surface area contributed by atoms with Crippen molar-refractivity contribution in [1.82, 2.24) is 5.32 Å². The van der Waals surface area contributed by atoms with Crippen LogP contribution < -0.4 is 5.32 Å². The molecule has 0 unspecified atom stereocenters. The molecule has 2 aliphatic rings. The van der Waals surface area contributed by atoms with Crippen LogP contribution in [-0.4, -0.2) is 18.2 Å². The van der Waals surface area contributed by atoms with Crippen molar-refractivity contribution in [3.8, 4) is 0 Å². The Labute approximate surface area is 160 Å². The quantitative estimate of drug-likeness (QED) is 0.781. The predicted molar refractivity (Wildman–Crippen MR) is 97.8 cm³/mol. The van der Waals surface area contributed by atoms with Gasteiger partial charge >= 0.3 is 6.18 Å². The first kappa shape index (κ1) is 18.7. The number of hydrogen-bond acceptors (Lipinski definition) is 2. The Morgan fingerprint density at radius 1 is 1.07 bits per heavy atom. The number of amides is 1. The van der Waals surface area contributed by atoms with Crippen LogP contribution in [0.25, 0.3) is 0 Å². The van der Waals surface area contributed by atoms with Gasteiger partial charge in [-0.3, -0.25) is 9.59 Å². The Balaban J connectivity index is 1.59. The standard InChI is InChI=1S/C22H20F3NO2/c23-22(24,25)16-6-3-5-14(10-16)18-12-26-21(28)20(18)19(27)11-15-4-1-2-7-17(15)13-8-9-13/h1-7,10,13,18,20H,8-9,11-12H2,(H,26,28)/t18-,20+/m1/s1. The van der Waals surface area contributed by atoms with E-state index >= 15 is 0 Å². The van der Waals surface area contributed by atoms with E-state index < -0.39 is 29.5 Å². The lowest BCUT2D eigenvalue weighted by Crippen LogP contribution is -2.28. The molecule has 0 spiro atoms. The Bertz CT molecular complexity index is 918. The van der Waals surface area contributed by atoms with Gasteiger partial charge in [-0.25, -0.2) is 0 Å². The SMILES string of the molecule is O=C(Cc1ccccc1C1CC1)[C@H]1C(=O)NC[C@@H]1c1cccc(C(F)(F)F)c1. The van der Waals surface area contributed by atoms with E-state index in [1.54, 1.807) is 6.07 Å². The van der Waals surface area contributed by atoms with Gasteiger partial charge in [0.25, 0.3) is 0 Å². The number of rotatable bonds is 5. The number of ketones is 1. The smallest absolute Gasteiger partial charge is 0.355 e. The molecule has 2 atom stereocenters. The highest BCUT2D eigenvalue weighted by Crippen LogP contribution is 2.42. The molecule has 0 aromatic heterocycles. The second-order valence-electron chi connectivity index (χ2n) is 7.57. The van der Waals surface area contributed by atoms with E-state index in [1.807, 2.05) is 24.3 Å². The summed E-state index contributed by atoms with van der Waals surface area (Å²) in [5.74, 6) is -1.73. The van der Waals surface area contributed by atoms with Crippen LogP contribution in [0.5, 0.6) is 0 Å². The molecule has 2 fully saturated rings. The summed E-state index contributed by atoms with van der Waals surface area (Å²) in [6.07, 6.45) is -2.14. The van der Waals surface area contributed by atoms with Crippen LogP contribution in [0.2, 0.25) is 0 Å². The predicted octanol–water partition coefficient (Wildman–Crippen LogP) is 4.22. The van der Waals surface area contributed by atoms with E-state index in [0.717, 1.165) is 36.1 Å². The van der Waals surface area contributed by atoms with Crippen molar-refractivity contribution < 1.29 is 22.8 Å². The normalized spacial score (nSPS) is 22.2. The van der Waals surface area contributed by atoms with Gasteiger partial charge in [0.1, 0.15) is 11.7 Å². The summed E-state index contributed by atoms with van der Waals surface area (Å²) < 4.78 is 39.2. The summed E-state index contributed by atoms with van der Waals surface area (Å²) in [6.45, 7) is 0.167. The number of carbonyl (C=O) groups is 2. The zero-order valence-electron chi connectivity index (χ0n) is 15.1. The van der Waals surface area contributed by atoms with Gasteiger partial charge in [-0.15, -0.1) is 0 Å². The summed E-state index contributed by atoms with van der Waals surface area (Å²) in [4.78, 5) is 25.4. The van der Waals surface area contributed by atoms with Crippen LogP contribution in [0.4, 0.5) is 13.2 Å². The third-order valence-corrected chi connectivity index (χ3v) is 5.61. The molecule has 28 heavy (non-hydrogen) atoms. The average Bonchev–Trinajstić information content (AvgIpc) is 3.43. The van der Waals surface area contributed by atoms with Crippen molar-refractivity contribution >= 4 is 11.7 Å². The van der Waals surface area contributed by atoms with Crippen molar-refractivity contribution in [3.63, 3.8) is 0 Å². The molecular weight excluding hydrogens is 367 g/mol. The Morgan fingerprint density at radius 2 is 1.82 bits per heavy atom. The fourth-order valence-electron chi connectivity index (χ4n) is 4.03. The van der Waals surface area contributed by atoms with E-state index in [0.29, 0.717) is 11.5 Å². The van der Waals surface area contributed by atoms with Crippen molar-refractivity contribution in [3.05, 3.63) is 70.8 Å². The van der Waals surface area contributed by atoms with Crippen molar-refractivity contribution in [1.29, 1.82) is 0 Å². The van der Waals surface area contributed by atoms with E-state index in [4.69, 9.17) is 0 Å². The molecule has 0 radical (unpaired) electrons. The molecule has 1 heterocycles. The van der Waals surface area contributed by atoms with Gasteiger partial charge in [0.05, 0.1) is 5.56 Å². The maximum absolute atomic E-state index is 13.1. The van der Waals surface area contributed by atoms with Gasteiger partial charge in [0.2, 0.25) is 5.91 Å². The number of hydrogen-bond donors (Lipinski definition) is 1. The maximum Gasteiger partial charge on any atom is 0.416 e. The average molecular weight is 387 g/mol. The van der Waals surface area contributed by atoms with Crippen molar-refractivity contribution in [2.24, 2.45) is 5.92 Å². The molecule has 4 rings (SSSR count). The van der Waals surface area contributed by atoms with Gasteiger partial charge in [-0.1, -0.05) is 42.5 Å². The second kappa shape index (κ2) is 7.08. The van der Waals surface area contributed by atoms with Crippen LogP contribution in [0.3, 0.4) is 0 Å². The molecule has 2 aromatic carbocycles. The van der Waals surface area contributed by atoms with E-state index in [9.17, 15) is 22.8 Å². The minimum atomic E-state index is -4.46. The molecule has 1 aliphatic heterocycles. The lowest BCUT2D eigenvalue weighted by atomic mass is 9.82. The largest absolute Gasteiger partial charge is 0.416 e. The molecule has 1 saturated heterocycles. The van der Waals surface area contributed by atoms with Gasteiger partial charge in [0.15, 0.2) is 0 Å². The number of benzene rings is 2. The number of carbonyl (C=O) groups excluding carboxylic acids is 2. The first-order chi connectivity index (χ1) is 13.3.